The molecule has 0 aliphatic rings. The van der Waals surface area contributed by atoms with Gasteiger partial charge in [-0.25, -0.2) is 9.97 Å². The quantitative estimate of drug-likeness (QED) is 0.154. The van der Waals surface area contributed by atoms with Crippen LogP contribution in [0.25, 0.3) is 111 Å². The van der Waals surface area contributed by atoms with Crippen molar-refractivity contribution in [3.05, 3.63) is 231 Å². The van der Waals surface area contributed by atoms with Gasteiger partial charge in [-0.05, 0) is 121 Å². The Bertz CT molecular complexity index is 3250. The summed E-state index contributed by atoms with van der Waals surface area (Å²) in [5.41, 5.74) is 18.7. The standard InChI is InChI=1S/C58H38N2O/c1-4-16-39(17-5-1)42-22-12-25-45(32-42)50-36-51(46-26-13-23-43(33-46)40-18-6-2-7-19-40)38-52(37-50)47-27-15-29-49(35-47)58-59-55(57-56(60-58)53-30-10-11-31-54(53)61-57)48-28-14-24-44(34-48)41-20-8-3-9-21-41/h1-38H. The molecule has 0 atom stereocenters. The van der Waals surface area contributed by atoms with Crippen molar-refractivity contribution in [3.8, 4) is 89.4 Å². The monoisotopic (exact) mass is 778 g/mol. The molecule has 9 aromatic carbocycles. The highest BCUT2D eigenvalue weighted by Gasteiger charge is 2.19. The van der Waals surface area contributed by atoms with Crippen LogP contribution in [0.4, 0.5) is 0 Å². The van der Waals surface area contributed by atoms with E-state index in [1.54, 1.807) is 0 Å². The Kier molecular flexibility index (Phi) is 9.18. The minimum Gasteiger partial charge on any atom is -0.452 e. The number of rotatable bonds is 8. The van der Waals surface area contributed by atoms with Crippen LogP contribution in [0.2, 0.25) is 0 Å². The van der Waals surface area contributed by atoms with Crippen molar-refractivity contribution in [2.45, 2.75) is 0 Å². The van der Waals surface area contributed by atoms with Gasteiger partial charge in [0.05, 0.1) is 0 Å². The highest BCUT2D eigenvalue weighted by molar-refractivity contribution is 6.07. The molecule has 0 saturated heterocycles. The molecule has 0 unspecified atom stereocenters. The Labute approximate surface area is 354 Å². The fourth-order valence-corrected chi connectivity index (χ4v) is 8.38. The molecule has 2 heterocycles. The van der Waals surface area contributed by atoms with E-state index >= 15 is 0 Å². The molecule has 0 bridgehead atoms. The molecule has 0 N–H and O–H groups in total. The van der Waals surface area contributed by atoms with E-state index in [-0.39, 0.29) is 0 Å². The first-order valence-electron chi connectivity index (χ1n) is 20.6. The molecule has 0 fully saturated rings. The number of para-hydroxylation sites is 1. The van der Waals surface area contributed by atoms with Gasteiger partial charge < -0.3 is 4.42 Å². The van der Waals surface area contributed by atoms with Gasteiger partial charge >= 0.3 is 0 Å². The van der Waals surface area contributed by atoms with Crippen molar-refractivity contribution in [1.29, 1.82) is 0 Å². The average Bonchev–Trinajstić information content (AvgIpc) is 3.73. The van der Waals surface area contributed by atoms with Gasteiger partial charge in [0.2, 0.25) is 0 Å². The molecule has 0 saturated carbocycles. The summed E-state index contributed by atoms with van der Waals surface area (Å²) in [7, 11) is 0. The number of nitrogens with zero attached hydrogens (tertiary/aromatic N) is 2. The topological polar surface area (TPSA) is 38.9 Å². The summed E-state index contributed by atoms with van der Waals surface area (Å²) in [4.78, 5) is 10.5. The van der Waals surface area contributed by atoms with Crippen LogP contribution < -0.4 is 0 Å². The minimum absolute atomic E-state index is 0.642. The lowest BCUT2D eigenvalue weighted by atomic mass is 9.91. The SMILES string of the molecule is c1ccc(-c2cccc(-c3cc(-c4cccc(-c5ccccc5)c4)cc(-c4cccc(-c5nc(-c6cccc(-c7ccccc7)c6)c6oc7ccccc7c6n5)c4)c3)c2)cc1. The van der Waals surface area contributed by atoms with Gasteiger partial charge in [-0.2, -0.15) is 0 Å². The third-order valence-electron chi connectivity index (χ3n) is 11.5. The summed E-state index contributed by atoms with van der Waals surface area (Å²) in [6.07, 6.45) is 0. The van der Waals surface area contributed by atoms with E-state index in [2.05, 4.69) is 206 Å². The Morgan fingerprint density at radius 2 is 0.607 bits per heavy atom. The first kappa shape index (κ1) is 36.0. The molecule has 286 valence electrons. The van der Waals surface area contributed by atoms with Gasteiger partial charge in [0.15, 0.2) is 11.4 Å². The van der Waals surface area contributed by atoms with Crippen LogP contribution in [0.3, 0.4) is 0 Å². The molecule has 0 amide bonds. The third kappa shape index (κ3) is 7.09. The van der Waals surface area contributed by atoms with Gasteiger partial charge in [-0.15, -0.1) is 0 Å². The number of hydrogen-bond donors (Lipinski definition) is 0. The summed E-state index contributed by atoms with van der Waals surface area (Å²) in [5.74, 6) is 0.642. The Morgan fingerprint density at radius 1 is 0.262 bits per heavy atom. The molecule has 2 aromatic heterocycles. The normalized spacial score (nSPS) is 11.3. The maximum Gasteiger partial charge on any atom is 0.180 e. The summed E-state index contributed by atoms with van der Waals surface area (Å²) in [6, 6.07) is 81.4. The molecule has 61 heavy (non-hydrogen) atoms. The molecule has 0 radical (unpaired) electrons. The highest BCUT2D eigenvalue weighted by atomic mass is 16.3. The summed E-state index contributed by atoms with van der Waals surface area (Å²) < 4.78 is 6.53. The van der Waals surface area contributed by atoms with Crippen molar-refractivity contribution in [1.82, 2.24) is 9.97 Å². The van der Waals surface area contributed by atoms with Crippen molar-refractivity contribution in [2.75, 3.05) is 0 Å². The largest absolute Gasteiger partial charge is 0.452 e. The van der Waals surface area contributed by atoms with Crippen LogP contribution >= 0.6 is 0 Å². The summed E-state index contributed by atoms with van der Waals surface area (Å²) in [5, 5.41) is 0.963. The second kappa shape index (κ2) is 15.6. The number of furan rings is 1. The number of fused-ring (bicyclic) bond motifs is 3. The molecular weight excluding hydrogens is 741 g/mol. The lowest BCUT2D eigenvalue weighted by molar-refractivity contribution is 0.667. The molecule has 3 heteroatoms. The Morgan fingerprint density at radius 3 is 1.10 bits per heavy atom. The maximum absolute atomic E-state index is 6.53. The fraction of sp³-hybridized carbons (Fsp3) is 0. The minimum atomic E-state index is 0.642. The van der Waals surface area contributed by atoms with Crippen molar-refractivity contribution in [3.63, 3.8) is 0 Å². The van der Waals surface area contributed by atoms with Crippen molar-refractivity contribution < 1.29 is 4.42 Å². The van der Waals surface area contributed by atoms with E-state index in [0.29, 0.717) is 11.4 Å². The Hall–Kier alpha value is -8.14. The highest BCUT2D eigenvalue weighted by Crippen LogP contribution is 2.39. The maximum atomic E-state index is 6.53. The summed E-state index contributed by atoms with van der Waals surface area (Å²) >= 11 is 0. The van der Waals surface area contributed by atoms with Gasteiger partial charge in [-0.3, -0.25) is 0 Å². The van der Waals surface area contributed by atoms with Crippen LogP contribution in [0.1, 0.15) is 0 Å². The fourth-order valence-electron chi connectivity index (χ4n) is 8.38. The molecule has 3 nitrogen and oxygen atoms in total. The smallest absolute Gasteiger partial charge is 0.180 e. The summed E-state index contributed by atoms with van der Waals surface area (Å²) in [6.45, 7) is 0. The molecular formula is C58H38N2O. The zero-order chi connectivity index (χ0) is 40.5. The van der Waals surface area contributed by atoms with E-state index in [4.69, 9.17) is 14.4 Å². The van der Waals surface area contributed by atoms with Crippen molar-refractivity contribution in [2.24, 2.45) is 0 Å². The number of hydrogen-bond acceptors (Lipinski definition) is 3. The lowest BCUT2D eigenvalue weighted by Crippen LogP contribution is -1.95. The van der Waals surface area contributed by atoms with Crippen LogP contribution in [-0.2, 0) is 0 Å². The van der Waals surface area contributed by atoms with Gasteiger partial charge in [0.1, 0.15) is 16.8 Å². The molecule has 0 aliphatic carbocycles. The van der Waals surface area contributed by atoms with E-state index in [1.807, 2.05) is 24.3 Å². The van der Waals surface area contributed by atoms with E-state index < -0.39 is 0 Å². The first-order valence-corrected chi connectivity index (χ1v) is 20.6. The van der Waals surface area contributed by atoms with Gasteiger partial charge in [-0.1, -0.05) is 176 Å². The van der Waals surface area contributed by atoms with Crippen LogP contribution in [-0.4, -0.2) is 9.97 Å². The van der Waals surface area contributed by atoms with E-state index in [0.717, 1.165) is 77.8 Å². The number of benzene rings is 9. The molecule has 11 rings (SSSR count). The average molecular weight is 779 g/mol. The zero-order valence-electron chi connectivity index (χ0n) is 33.2. The van der Waals surface area contributed by atoms with Crippen LogP contribution in [0, 0.1) is 0 Å². The molecule has 0 aliphatic heterocycles. The van der Waals surface area contributed by atoms with Crippen LogP contribution in [0.15, 0.2) is 235 Å². The van der Waals surface area contributed by atoms with Gasteiger partial charge in [0, 0.05) is 16.5 Å². The van der Waals surface area contributed by atoms with E-state index in [9.17, 15) is 0 Å². The van der Waals surface area contributed by atoms with Crippen LogP contribution in [0.5, 0.6) is 0 Å². The molecule has 0 spiro atoms. The lowest BCUT2D eigenvalue weighted by Gasteiger charge is -2.14. The zero-order valence-corrected chi connectivity index (χ0v) is 33.2. The van der Waals surface area contributed by atoms with Crippen molar-refractivity contribution >= 4 is 22.1 Å². The predicted molar refractivity (Wildman–Crippen MR) is 253 cm³/mol. The second-order valence-corrected chi connectivity index (χ2v) is 15.4. The second-order valence-electron chi connectivity index (χ2n) is 15.4. The number of aromatic nitrogens is 2. The van der Waals surface area contributed by atoms with E-state index in [1.165, 1.54) is 22.3 Å². The predicted octanol–water partition coefficient (Wildman–Crippen LogP) is 15.7. The first-order chi connectivity index (χ1) is 30.2. The Balaban J connectivity index is 1.07. The molecule has 11 aromatic rings. The third-order valence-corrected chi connectivity index (χ3v) is 11.5. The van der Waals surface area contributed by atoms with Gasteiger partial charge in [0.25, 0.3) is 0 Å².